The van der Waals surface area contributed by atoms with Crippen LogP contribution in [0.5, 0.6) is 0 Å². The summed E-state index contributed by atoms with van der Waals surface area (Å²) in [6.07, 6.45) is 0.941. The summed E-state index contributed by atoms with van der Waals surface area (Å²) in [5.74, 6) is -0.0378. The molecular formula is C20H22N4O3S2. The summed E-state index contributed by atoms with van der Waals surface area (Å²) in [6, 6.07) is 14.7. The van der Waals surface area contributed by atoms with Crippen molar-refractivity contribution >= 4 is 38.7 Å². The van der Waals surface area contributed by atoms with Gasteiger partial charge in [0.15, 0.2) is 0 Å². The van der Waals surface area contributed by atoms with Crippen LogP contribution in [0.4, 0.5) is 0 Å². The first-order valence-electron chi connectivity index (χ1n) is 9.44. The molecule has 9 heteroatoms. The lowest BCUT2D eigenvalue weighted by Gasteiger charge is -2.37. The Morgan fingerprint density at radius 3 is 2.55 bits per heavy atom. The monoisotopic (exact) mass is 430 g/mol. The Balaban J connectivity index is 1.44. The Bertz CT molecular complexity index is 1120. The van der Waals surface area contributed by atoms with Gasteiger partial charge >= 0.3 is 0 Å². The van der Waals surface area contributed by atoms with Crippen molar-refractivity contribution in [1.29, 1.82) is 0 Å². The van der Waals surface area contributed by atoms with Crippen molar-refractivity contribution in [2.45, 2.75) is 31.2 Å². The molecule has 1 saturated heterocycles. The summed E-state index contributed by atoms with van der Waals surface area (Å²) in [5.41, 5.74) is 1.44. The number of nitrogens with zero attached hydrogens (tertiary/aromatic N) is 3. The molecule has 1 N–H and O–H groups in total. The topological polar surface area (TPSA) is 92.3 Å². The van der Waals surface area contributed by atoms with Crippen LogP contribution in [-0.4, -0.2) is 40.5 Å². The predicted molar refractivity (Wildman–Crippen MR) is 112 cm³/mol. The van der Waals surface area contributed by atoms with Crippen LogP contribution >= 0.6 is 11.7 Å². The molecule has 1 aromatic heterocycles. The van der Waals surface area contributed by atoms with Gasteiger partial charge in [-0.05, 0) is 30.5 Å². The molecule has 7 nitrogen and oxygen atoms in total. The van der Waals surface area contributed by atoms with Gasteiger partial charge in [-0.3, -0.25) is 4.79 Å². The zero-order chi connectivity index (χ0) is 20.5. The second-order valence-electron chi connectivity index (χ2n) is 7.52. The van der Waals surface area contributed by atoms with Gasteiger partial charge in [0.05, 0.1) is 11.7 Å². The number of hydrogen-bond donors (Lipinski definition) is 1. The molecule has 4 rings (SSSR count). The van der Waals surface area contributed by atoms with E-state index in [0.717, 1.165) is 17.3 Å². The van der Waals surface area contributed by atoms with Crippen molar-refractivity contribution in [3.8, 4) is 0 Å². The lowest BCUT2D eigenvalue weighted by atomic mass is 9.80. The van der Waals surface area contributed by atoms with E-state index >= 15 is 0 Å². The Kier molecular flexibility index (Phi) is 5.37. The molecule has 0 bridgehead atoms. The van der Waals surface area contributed by atoms with Crippen molar-refractivity contribution in [1.82, 2.24) is 18.4 Å². The maximum Gasteiger partial charge on any atom is 0.245 e. The molecule has 2 heterocycles. The third-order valence-electron chi connectivity index (χ3n) is 5.54. The van der Waals surface area contributed by atoms with Gasteiger partial charge < -0.3 is 5.32 Å². The Hall–Kier alpha value is -2.36. The van der Waals surface area contributed by atoms with Crippen molar-refractivity contribution in [2.75, 3.05) is 13.1 Å². The summed E-state index contributed by atoms with van der Waals surface area (Å²) in [4.78, 5) is 12.9. The van der Waals surface area contributed by atoms with E-state index in [1.807, 2.05) is 37.3 Å². The molecule has 3 aromatic rings. The number of carbonyl (C=O) groups is 1. The Morgan fingerprint density at radius 2 is 1.83 bits per heavy atom. The number of rotatable bonds is 5. The molecule has 0 saturated carbocycles. The fourth-order valence-electron chi connectivity index (χ4n) is 3.57. The van der Waals surface area contributed by atoms with E-state index in [-0.39, 0.29) is 10.8 Å². The first-order valence-corrected chi connectivity index (χ1v) is 11.6. The van der Waals surface area contributed by atoms with E-state index in [4.69, 9.17) is 0 Å². The number of nitrogens with one attached hydrogen (secondary N) is 1. The second kappa shape index (κ2) is 7.81. The van der Waals surface area contributed by atoms with Crippen molar-refractivity contribution in [2.24, 2.45) is 5.41 Å². The lowest BCUT2D eigenvalue weighted by molar-refractivity contribution is -0.132. The van der Waals surface area contributed by atoms with Crippen LogP contribution < -0.4 is 5.32 Å². The number of aromatic nitrogens is 2. The number of amides is 1. The van der Waals surface area contributed by atoms with E-state index in [0.29, 0.717) is 43.5 Å². The average molecular weight is 431 g/mol. The highest BCUT2D eigenvalue weighted by molar-refractivity contribution is 7.89. The van der Waals surface area contributed by atoms with Crippen molar-refractivity contribution in [3.05, 3.63) is 54.1 Å². The molecule has 29 heavy (non-hydrogen) atoms. The number of piperidine rings is 1. The quantitative estimate of drug-likeness (QED) is 0.672. The highest BCUT2D eigenvalue weighted by Gasteiger charge is 2.40. The van der Waals surface area contributed by atoms with E-state index < -0.39 is 15.4 Å². The smallest absolute Gasteiger partial charge is 0.245 e. The fourth-order valence-corrected chi connectivity index (χ4v) is 5.76. The second-order valence-corrected chi connectivity index (χ2v) is 9.96. The molecular weight excluding hydrogens is 408 g/mol. The number of fused-ring (bicyclic) bond motifs is 1. The summed E-state index contributed by atoms with van der Waals surface area (Å²) >= 11 is 1.00. The van der Waals surface area contributed by atoms with Gasteiger partial charge in [-0.1, -0.05) is 43.3 Å². The van der Waals surface area contributed by atoms with Crippen LogP contribution in [0.25, 0.3) is 11.0 Å². The van der Waals surface area contributed by atoms with Crippen molar-refractivity contribution < 1.29 is 13.2 Å². The van der Waals surface area contributed by atoms with E-state index in [1.54, 1.807) is 18.2 Å². The van der Waals surface area contributed by atoms with Gasteiger partial charge in [-0.25, -0.2) is 8.42 Å². The van der Waals surface area contributed by atoms with E-state index in [2.05, 4.69) is 14.1 Å². The fraction of sp³-hybridized carbons (Fsp3) is 0.350. The van der Waals surface area contributed by atoms with Crippen LogP contribution in [0, 0.1) is 5.41 Å². The summed E-state index contributed by atoms with van der Waals surface area (Å²) < 4.78 is 36.0. The molecule has 1 amide bonds. The molecule has 1 fully saturated rings. The minimum Gasteiger partial charge on any atom is -0.352 e. The third kappa shape index (κ3) is 3.90. The third-order valence-corrected chi connectivity index (χ3v) is 8.01. The van der Waals surface area contributed by atoms with Gasteiger partial charge in [0.1, 0.15) is 15.9 Å². The van der Waals surface area contributed by atoms with Crippen LogP contribution in [0.15, 0.2) is 53.4 Å². The maximum absolute atomic E-state index is 13.2. The number of carbonyl (C=O) groups excluding carboxylic acids is 1. The highest BCUT2D eigenvalue weighted by atomic mass is 32.2. The first kappa shape index (κ1) is 19.9. The largest absolute Gasteiger partial charge is 0.352 e. The average Bonchev–Trinajstić information content (AvgIpc) is 3.22. The molecule has 1 aliphatic heterocycles. The number of hydrogen-bond acceptors (Lipinski definition) is 6. The maximum atomic E-state index is 13.2. The molecule has 2 aromatic carbocycles. The van der Waals surface area contributed by atoms with Crippen LogP contribution in [0.3, 0.4) is 0 Å². The summed E-state index contributed by atoms with van der Waals surface area (Å²) in [7, 11) is -3.68. The normalized spacial score (nSPS) is 17.3. The minimum absolute atomic E-state index is 0.0378. The van der Waals surface area contributed by atoms with Crippen LogP contribution in [-0.2, 0) is 21.4 Å². The Morgan fingerprint density at radius 1 is 1.10 bits per heavy atom. The molecule has 1 aliphatic rings. The van der Waals surface area contributed by atoms with Gasteiger partial charge in [0.2, 0.25) is 15.9 Å². The zero-order valence-electron chi connectivity index (χ0n) is 16.0. The molecule has 0 unspecified atom stereocenters. The molecule has 0 radical (unpaired) electrons. The van der Waals surface area contributed by atoms with E-state index in [1.165, 1.54) is 4.31 Å². The summed E-state index contributed by atoms with van der Waals surface area (Å²) in [6.45, 7) is 2.97. The van der Waals surface area contributed by atoms with Gasteiger partial charge in [0, 0.05) is 25.0 Å². The lowest BCUT2D eigenvalue weighted by Crippen LogP contribution is -2.48. The number of benzene rings is 2. The molecule has 0 aliphatic carbocycles. The van der Waals surface area contributed by atoms with Gasteiger partial charge in [-0.2, -0.15) is 13.1 Å². The molecule has 0 spiro atoms. The number of sulfonamides is 1. The van der Waals surface area contributed by atoms with Gasteiger partial charge in [-0.15, -0.1) is 0 Å². The van der Waals surface area contributed by atoms with Gasteiger partial charge in [0.25, 0.3) is 0 Å². The molecule has 152 valence electrons. The highest BCUT2D eigenvalue weighted by Crippen LogP contribution is 2.34. The van der Waals surface area contributed by atoms with Crippen LogP contribution in [0.2, 0.25) is 0 Å². The van der Waals surface area contributed by atoms with Crippen molar-refractivity contribution in [3.63, 3.8) is 0 Å². The predicted octanol–water partition coefficient (Wildman–Crippen LogP) is 2.80. The summed E-state index contributed by atoms with van der Waals surface area (Å²) in [5, 5.41) is 2.99. The van der Waals surface area contributed by atoms with Crippen LogP contribution in [0.1, 0.15) is 25.3 Å². The zero-order valence-corrected chi connectivity index (χ0v) is 17.7. The Labute approximate surface area is 174 Å². The molecule has 0 atom stereocenters. The standard InChI is InChI=1S/C20H22N4O3S2/c1-20(19(25)21-14-15-6-3-2-4-7-15)10-12-24(13-11-20)29(26,27)17-9-5-8-16-18(17)23-28-22-16/h2-9H,10-14H2,1H3,(H,21,25). The van der Waals surface area contributed by atoms with E-state index in [9.17, 15) is 13.2 Å². The SMILES string of the molecule is CC1(C(=O)NCc2ccccc2)CCN(S(=O)(=O)c2cccc3nsnc23)CC1. The minimum atomic E-state index is -3.68. The first-order chi connectivity index (χ1) is 13.9.